The molecule has 110 valence electrons. The van der Waals surface area contributed by atoms with E-state index in [0.717, 1.165) is 12.0 Å². The van der Waals surface area contributed by atoms with Crippen molar-refractivity contribution in [2.24, 2.45) is 0 Å². The van der Waals surface area contributed by atoms with E-state index < -0.39 is 0 Å². The van der Waals surface area contributed by atoms with E-state index >= 15 is 0 Å². The lowest BCUT2D eigenvalue weighted by Gasteiger charge is -2.16. The van der Waals surface area contributed by atoms with Crippen molar-refractivity contribution < 1.29 is 9.53 Å². The van der Waals surface area contributed by atoms with Crippen LogP contribution in [0.25, 0.3) is 11.1 Å². The van der Waals surface area contributed by atoms with Gasteiger partial charge in [-0.2, -0.15) is 0 Å². The Morgan fingerprint density at radius 2 is 1.77 bits per heavy atom. The van der Waals surface area contributed by atoms with Crippen molar-refractivity contribution in [3.05, 3.63) is 71.3 Å². The van der Waals surface area contributed by atoms with Crippen LogP contribution in [0.5, 0.6) is 0 Å². The molecule has 2 aromatic carbocycles. The molecule has 1 amide bonds. The first-order valence-corrected chi connectivity index (χ1v) is 7.58. The number of carbonyl (C=O) groups excluding carboxylic acids is 1. The monoisotopic (exact) mass is 291 g/mol. The first-order valence-electron chi connectivity index (χ1n) is 7.58. The summed E-state index contributed by atoms with van der Waals surface area (Å²) in [4.78, 5) is 13.7. The number of fused-ring (bicyclic) bond motifs is 3. The molecule has 0 aromatic heterocycles. The van der Waals surface area contributed by atoms with Gasteiger partial charge in [0, 0.05) is 13.1 Å². The van der Waals surface area contributed by atoms with Gasteiger partial charge in [0.2, 0.25) is 0 Å². The van der Waals surface area contributed by atoms with Crippen LogP contribution in [0, 0.1) is 0 Å². The van der Waals surface area contributed by atoms with Crippen molar-refractivity contribution in [1.82, 2.24) is 4.90 Å². The van der Waals surface area contributed by atoms with E-state index in [-0.39, 0.29) is 6.09 Å². The van der Waals surface area contributed by atoms with Crippen molar-refractivity contribution in [2.45, 2.75) is 13.0 Å². The first kappa shape index (κ1) is 13.1. The van der Waals surface area contributed by atoms with Crippen molar-refractivity contribution in [3.8, 4) is 11.1 Å². The zero-order valence-corrected chi connectivity index (χ0v) is 12.3. The molecule has 0 saturated carbocycles. The average Bonchev–Trinajstić information content (AvgIpc) is 3.20. The lowest BCUT2D eigenvalue weighted by molar-refractivity contribution is 0.106. The maximum absolute atomic E-state index is 12.0. The van der Waals surface area contributed by atoms with E-state index in [4.69, 9.17) is 4.74 Å². The van der Waals surface area contributed by atoms with Gasteiger partial charge < -0.3 is 9.64 Å². The zero-order chi connectivity index (χ0) is 14.9. The Kier molecular flexibility index (Phi) is 3.19. The number of ether oxygens (including phenoxy) is 1. The third-order valence-electron chi connectivity index (χ3n) is 4.38. The van der Waals surface area contributed by atoms with Gasteiger partial charge in [-0.3, -0.25) is 0 Å². The highest BCUT2D eigenvalue weighted by atomic mass is 16.6. The Labute approximate surface area is 129 Å². The zero-order valence-electron chi connectivity index (χ0n) is 12.3. The summed E-state index contributed by atoms with van der Waals surface area (Å²) in [5.74, 6) is 0. The topological polar surface area (TPSA) is 29.5 Å². The van der Waals surface area contributed by atoms with Crippen LogP contribution in [0.15, 0.2) is 54.6 Å². The van der Waals surface area contributed by atoms with Crippen LogP contribution in [0.1, 0.15) is 16.7 Å². The van der Waals surface area contributed by atoms with Gasteiger partial charge in [0.25, 0.3) is 0 Å². The summed E-state index contributed by atoms with van der Waals surface area (Å²) in [7, 11) is 0. The summed E-state index contributed by atoms with van der Waals surface area (Å²) < 4.78 is 5.48. The van der Waals surface area contributed by atoms with E-state index in [9.17, 15) is 4.79 Å². The molecular formula is C19H17NO2. The first-order chi connectivity index (χ1) is 10.8. The molecule has 1 aliphatic carbocycles. The van der Waals surface area contributed by atoms with Crippen molar-refractivity contribution in [2.75, 3.05) is 13.1 Å². The highest BCUT2D eigenvalue weighted by Crippen LogP contribution is 2.38. The molecule has 0 bridgehead atoms. The van der Waals surface area contributed by atoms with Crippen molar-refractivity contribution in [3.63, 3.8) is 0 Å². The lowest BCUT2D eigenvalue weighted by atomic mass is 10.0. The van der Waals surface area contributed by atoms with Crippen LogP contribution in [0.3, 0.4) is 0 Å². The fourth-order valence-corrected chi connectivity index (χ4v) is 3.22. The van der Waals surface area contributed by atoms with Gasteiger partial charge in [-0.05, 0) is 34.2 Å². The smallest absolute Gasteiger partial charge is 0.410 e. The SMILES string of the molecule is O=C(OCc1cccc2c1Cc1ccccc1-2)N1CC=CC1. The number of amides is 1. The van der Waals surface area contributed by atoms with Crippen LogP contribution in [-0.4, -0.2) is 24.1 Å². The molecule has 3 nitrogen and oxygen atoms in total. The van der Waals surface area contributed by atoms with Gasteiger partial charge in [-0.25, -0.2) is 4.79 Å². The number of hydrogen-bond acceptors (Lipinski definition) is 2. The summed E-state index contributed by atoms with van der Waals surface area (Å²) in [5.41, 5.74) is 6.31. The fourth-order valence-electron chi connectivity index (χ4n) is 3.22. The molecule has 0 fully saturated rings. The minimum Gasteiger partial charge on any atom is -0.445 e. The van der Waals surface area contributed by atoms with Crippen molar-refractivity contribution >= 4 is 6.09 Å². The molecule has 0 spiro atoms. The summed E-state index contributed by atoms with van der Waals surface area (Å²) in [6.07, 6.45) is 4.65. The molecule has 0 saturated heterocycles. The molecule has 2 aliphatic rings. The maximum Gasteiger partial charge on any atom is 0.410 e. The molecule has 4 rings (SSSR count). The minimum atomic E-state index is -0.238. The minimum absolute atomic E-state index is 0.238. The van der Waals surface area contributed by atoms with Crippen molar-refractivity contribution in [1.29, 1.82) is 0 Å². The summed E-state index contributed by atoms with van der Waals surface area (Å²) in [6.45, 7) is 1.64. The largest absolute Gasteiger partial charge is 0.445 e. The number of benzene rings is 2. The quantitative estimate of drug-likeness (QED) is 0.673. The Morgan fingerprint density at radius 1 is 1.00 bits per heavy atom. The standard InChI is InChI=1S/C19H17NO2/c21-19(20-10-3-4-11-20)22-13-15-7-5-9-17-16-8-2-1-6-14(16)12-18(15)17/h1-9H,10-13H2. The average molecular weight is 291 g/mol. The molecular weight excluding hydrogens is 274 g/mol. The van der Waals surface area contributed by atoms with E-state index in [0.29, 0.717) is 19.7 Å². The molecule has 0 N–H and O–H groups in total. The highest BCUT2D eigenvalue weighted by Gasteiger charge is 2.21. The second-order valence-corrected chi connectivity index (χ2v) is 5.71. The van der Waals surface area contributed by atoms with Crippen LogP contribution in [0.4, 0.5) is 4.79 Å². The third kappa shape index (κ3) is 2.19. The van der Waals surface area contributed by atoms with Gasteiger partial charge in [0.15, 0.2) is 0 Å². The molecule has 0 unspecified atom stereocenters. The van der Waals surface area contributed by atoms with Crippen LogP contribution in [0.2, 0.25) is 0 Å². The van der Waals surface area contributed by atoms with Crippen LogP contribution in [-0.2, 0) is 17.8 Å². The van der Waals surface area contributed by atoms with Gasteiger partial charge in [-0.1, -0.05) is 54.6 Å². The Hall–Kier alpha value is -2.55. The molecule has 0 radical (unpaired) electrons. The molecule has 3 heteroatoms. The molecule has 2 aromatic rings. The van der Waals surface area contributed by atoms with E-state index in [1.165, 1.54) is 22.3 Å². The Bertz CT molecular complexity index is 756. The molecule has 1 aliphatic heterocycles. The second kappa shape index (κ2) is 5.34. The molecule has 0 atom stereocenters. The Balaban J connectivity index is 1.54. The van der Waals surface area contributed by atoms with Gasteiger partial charge in [0.05, 0.1) is 0 Å². The van der Waals surface area contributed by atoms with E-state index in [1.54, 1.807) is 4.90 Å². The summed E-state index contributed by atoms with van der Waals surface area (Å²) in [6, 6.07) is 14.7. The lowest BCUT2D eigenvalue weighted by Crippen LogP contribution is -2.28. The fraction of sp³-hybridized carbons (Fsp3) is 0.211. The number of rotatable bonds is 2. The van der Waals surface area contributed by atoms with Crippen LogP contribution >= 0.6 is 0 Å². The van der Waals surface area contributed by atoms with Gasteiger partial charge in [-0.15, -0.1) is 0 Å². The normalized spacial score (nSPS) is 14.8. The maximum atomic E-state index is 12.0. The van der Waals surface area contributed by atoms with Gasteiger partial charge in [0.1, 0.15) is 6.61 Å². The van der Waals surface area contributed by atoms with Crippen LogP contribution < -0.4 is 0 Å². The van der Waals surface area contributed by atoms with E-state index in [1.807, 2.05) is 18.2 Å². The number of hydrogen-bond donors (Lipinski definition) is 0. The number of nitrogens with zero attached hydrogens (tertiary/aromatic N) is 1. The molecule has 1 heterocycles. The predicted octanol–water partition coefficient (Wildman–Crippen LogP) is 3.77. The second-order valence-electron chi connectivity index (χ2n) is 5.71. The Morgan fingerprint density at radius 3 is 2.64 bits per heavy atom. The third-order valence-corrected chi connectivity index (χ3v) is 4.38. The number of carbonyl (C=O) groups is 1. The van der Waals surface area contributed by atoms with Gasteiger partial charge >= 0.3 is 6.09 Å². The predicted molar refractivity (Wildman–Crippen MR) is 85.6 cm³/mol. The summed E-state index contributed by atoms with van der Waals surface area (Å²) >= 11 is 0. The summed E-state index contributed by atoms with van der Waals surface area (Å²) in [5, 5.41) is 0. The van der Waals surface area contributed by atoms with E-state index in [2.05, 4.69) is 36.4 Å². The highest BCUT2D eigenvalue weighted by molar-refractivity contribution is 5.78. The molecule has 22 heavy (non-hydrogen) atoms.